The molecule has 1 N–H and O–H groups in total. The molecule has 5 heterocycles. The van der Waals surface area contributed by atoms with E-state index in [0.29, 0.717) is 30.1 Å². The maximum absolute atomic E-state index is 13.1. The Hall–Kier alpha value is -2.58. The molecule has 1 amide bonds. The van der Waals surface area contributed by atoms with Crippen LogP contribution in [0.3, 0.4) is 0 Å². The molecule has 0 spiro atoms. The van der Waals surface area contributed by atoms with Crippen LogP contribution in [-0.4, -0.2) is 57.7 Å². The number of amides is 1. The quantitative estimate of drug-likeness (QED) is 0.847. The maximum atomic E-state index is 13.1. The Labute approximate surface area is 168 Å². The Morgan fingerprint density at radius 1 is 1.14 bits per heavy atom. The van der Waals surface area contributed by atoms with Crippen molar-refractivity contribution in [1.82, 2.24) is 19.4 Å². The third kappa shape index (κ3) is 3.58. The van der Waals surface area contributed by atoms with Gasteiger partial charge in [-0.3, -0.25) is 19.5 Å². The zero-order valence-corrected chi connectivity index (χ0v) is 16.3. The van der Waals surface area contributed by atoms with Crippen molar-refractivity contribution in [2.24, 2.45) is 5.92 Å². The third-order valence-corrected chi connectivity index (χ3v) is 6.38. The van der Waals surface area contributed by atoms with Crippen molar-refractivity contribution >= 4 is 11.6 Å². The summed E-state index contributed by atoms with van der Waals surface area (Å²) in [7, 11) is 0. The molecule has 2 atom stereocenters. The van der Waals surface area contributed by atoms with Crippen LogP contribution in [0.4, 0.5) is 5.69 Å². The zero-order chi connectivity index (χ0) is 19.8. The number of hydrogen-bond donors (Lipinski definition) is 1. The number of pyridine rings is 1. The van der Waals surface area contributed by atoms with Gasteiger partial charge in [0.15, 0.2) is 0 Å². The van der Waals surface area contributed by atoms with Gasteiger partial charge in [0.05, 0.1) is 6.20 Å². The number of likely N-dealkylation sites (tertiary alicyclic amines) is 1. The van der Waals surface area contributed by atoms with Crippen LogP contribution in [0, 0.1) is 5.92 Å². The van der Waals surface area contributed by atoms with Gasteiger partial charge in [-0.1, -0.05) is 0 Å². The maximum Gasteiger partial charge on any atom is 0.276 e. The van der Waals surface area contributed by atoms with Gasteiger partial charge < -0.3 is 14.6 Å². The molecule has 2 aromatic rings. The summed E-state index contributed by atoms with van der Waals surface area (Å²) in [6.45, 7) is 4.43. The summed E-state index contributed by atoms with van der Waals surface area (Å²) in [5.74, 6) is 0.410. The molecule has 3 aliphatic heterocycles. The van der Waals surface area contributed by atoms with Crippen molar-refractivity contribution in [3.8, 4) is 0 Å². The predicted octanol–water partition coefficient (Wildman–Crippen LogP) is 1.49. The lowest BCUT2D eigenvalue weighted by molar-refractivity contribution is 0.00589. The number of nitrogens with zero attached hydrogens (tertiary/aromatic N) is 4. The second-order valence-electron chi connectivity index (χ2n) is 8.23. The Morgan fingerprint density at radius 2 is 2.00 bits per heavy atom. The Balaban J connectivity index is 1.37. The highest BCUT2D eigenvalue weighted by Gasteiger charge is 2.37. The molecule has 8 nitrogen and oxygen atoms in total. The molecule has 2 saturated heterocycles. The minimum Gasteiger partial charge on any atom is -0.381 e. The summed E-state index contributed by atoms with van der Waals surface area (Å²) >= 11 is 0. The molecule has 0 radical (unpaired) electrons. The summed E-state index contributed by atoms with van der Waals surface area (Å²) in [6, 6.07) is 4.33. The number of fused-ring (bicyclic) bond motifs is 4. The number of piperidine rings is 1. The first-order valence-electron chi connectivity index (χ1n) is 10.3. The average molecular weight is 395 g/mol. The van der Waals surface area contributed by atoms with E-state index in [0.717, 1.165) is 51.3 Å². The normalized spacial score (nSPS) is 24.7. The third-order valence-electron chi connectivity index (χ3n) is 6.38. The van der Waals surface area contributed by atoms with Crippen molar-refractivity contribution in [3.05, 3.63) is 52.5 Å². The SMILES string of the molecule is O=C(Nc1ccc2n(c1=O)C[C@H]1C[C@@H]2CN(C2CCOCC2)C1)c1cnccn1. The van der Waals surface area contributed by atoms with Gasteiger partial charge >= 0.3 is 0 Å². The highest BCUT2D eigenvalue weighted by Crippen LogP contribution is 2.37. The van der Waals surface area contributed by atoms with Gasteiger partial charge in [-0.15, -0.1) is 0 Å². The number of anilines is 1. The smallest absolute Gasteiger partial charge is 0.276 e. The van der Waals surface area contributed by atoms with E-state index in [1.165, 1.54) is 18.6 Å². The molecule has 0 unspecified atom stereocenters. The monoisotopic (exact) mass is 395 g/mol. The van der Waals surface area contributed by atoms with Crippen LogP contribution in [0.1, 0.15) is 41.4 Å². The van der Waals surface area contributed by atoms with E-state index in [1.54, 1.807) is 6.07 Å². The van der Waals surface area contributed by atoms with E-state index in [-0.39, 0.29) is 11.3 Å². The highest BCUT2D eigenvalue weighted by molar-refractivity contribution is 6.02. The summed E-state index contributed by atoms with van der Waals surface area (Å²) in [5.41, 5.74) is 1.44. The van der Waals surface area contributed by atoms with Crippen LogP contribution in [0.5, 0.6) is 0 Å². The van der Waals surface area contributed by atoms with Crippen LogP contribution < -0.4 is 10.9 Å². The number of ether oxygens (including phenoxy) is 1. The first-order chi connectivity index (χ1) is 14.2. The molecule has 8 heteroatoms. The molecular formula is C21H25N5O3. The van der Waals surface area contributed by atoms with Gasteiger partial charge in [0, 0.05) is 62.9 Å². The van der Waals surface area contributed by atoms with E-state index in [9.17, 15) is 9.59 Å². The molecule has 5 rings (SSSR count). The molecule has 0 aromatic carbocycles. The minimum absolute atomic E-state index is 0.131. The van der Waals surface area contributed by atoms with Crippen molar-refractivity contribution in [3.63, 3.8) is 0 Å². The van der Waals surface area contributed by atoms with Crippen molar-refractivity contribution in [2.75, 3.05) is 31.6 Å². The Morgan fingerprint density at radius 3 is 2.79 bits per heavy atom. The number of hydrogen-bond acceptors (Lipinski definition) is 6. The number of nitrogens with one attached hydrogen (secondary N) is 1. The standard InChI is InChI=1S/C21H25N5O3/c27-20(18-10-22-5-6-23-18)24-17-1-2-19-15-9-14(12-26(19)21(17)28)11-25(13-15)16-3-7-29-8-4-16/h1-2,5-6,10,14-16H,3-4,7-9,11-13H2,(H,24,27)/t14-,15+/m0/s1. The van der Waals surface area contributed by atoms with Gasteiger partial charge in [-0.05, 0) is 37.3 Å². The second-order valence-corrected chi connectivity index (χ2v) is 8.23. The van der Waals surface area contributed by atoms with E-state index in [2.05, 4.69) is 20.2 Å². The zero-order valence-electron chi connectivity index (χ0n) is 16.3. The molecule has 2 bridgehead atoms. The topological polar surface area (TPSA) is 89.4 Å². The van der Waals surface area contributed by atoms with Crippen molar-refractivity contribution in [2.45, 2.75) is 37.8 Å². The van der Waals surface area contributed by atoms with Crippen LogP contribution in [0.15, 0.2) is 35.5 Å². The summed E-state index contributed by atoms with van der Waals surface area (Å²) in [5, 5.41) is 2.70. The molecule has 29 heavy (non-hydrogen) atoms. The lowest BCUT2D eigenvalue weighted by Gasteiger charge is -2.46. The number of rotatable bonds is 3. The van der Waals surface area contributed by atoms with Crippen LogP contribution in [-0.2, 0) is 11.3 Å². The van der Waals surface area contributed by atoms with E-state index < -0.39 is 5.91 Å². The van der Waals surface area contributed by atoms with E-state index in [1.807, 2.05) is 10.6 Å². The fourth-order valence-electron chi connectivity index (χ4n) is 5.03. The van der Waals surface area contributed by atoms with Gasteiger partial charge in [0.1, 0.15) is 11.4 Å². The van der Waals surface area contributed by atoms with Gasteiger partial charge in [-0.2, -0.15) is 0 Å². The first-order valence-corrected chi connectivity index (χ1v) is 10.3. The summed E-state index contributed by atoms with van der Waals surface area (Å²) in [6.07, 6.45) is 7.68. The van der Waals surface area contributed by atoms with E-state index >= 15 is 0 Å². The van der Waals surface area contributed by atoms with Crippen LogP contribution in [0.2, 0.25) is 0 Å². The molecular weight excluding hydrogens is 370 g/mol. The minimum atomic E-state index is -0.419. The summed E-state index contributed by atoms with van der Waals surface area (Å²) in [4.78, 5) is 36.0. The molecule has 0 saturated carbocycles. The fourth-order valence-corrected chi connectivity index (χ4v) is 5.03. The predicted molar refractivity (Wildman–Crippen MR) is 107 cm³/mol. The van der Waals surface area contributed by atoms with Crippen molar-refractivity contribution < 1.29 is 9.53 Å². The van der Waals surface area contributed by atoms with Crippen LogP contribution in [0.25, 0.3) is 0 Å². The van der Waals surface area contributed by atoms with Gasteiger partial charge in [0.2, 0.25) is 0 Å². The van der Waals surface area contributed by atoms with Gasteiger partial charge in [0.25, 0.3) is 11.5 Å². The summed E-state index contributed by atoms with van der Waals surface area (Å²) < 4.78 is 7.39. The molecule has 2 aromatic heterocycles. The first kappa shape index (κ1) is 18.4. The average Bonchev–Trinajstić information content (AvgIpc) is 2.77. The molecule has 3 aliphatic rings. The number of aromatic nitrogens is 3. The Bertz CT molecular complexity index is 955. The lowest BCUT2D eigenvalue weighted by atomic mass is 9.82. The highest BCUT2D eigenvalue weighted by atomic mass is 16.5. The number of carbonyl (C=O) groups excluding carboxylic acids is 1. The van der Waals surface area contributed by atoms with Gasteiger partial charge in [-0.25, -0.2) is 4.98 Å². The fraction of sp³-hybridized carbons (Fsp3) is 0.524. The largest absolute Gasteiger partial charge is 0.381 e. The number of carbonyl (C=O) groups is 1. The van der Waals surface area contributed by atoms with Crippen molar-refractivity contribution in [1.29, 1.82) is 0 Å². The Kier molecular flexibility index (Phi) is 4.89. The molecule has 0 aliphatic carbocycles. The second kappa shape index (κ2) is 7.68. The molecule has 152 valence electrons. The van der Waals surface area contributed by atoms with Crippen LogP contribution >= 0.6 is 0 Å². The lowest BCUT2D eigenvalue weighted by Crippen LogP contribution is -2.51. The molecule has 2 fully saturated rings. The van der Waals surface area contributed by atoms with E-state index in [4.69, 9.17) is 4.74 Å².